The number of benzene rings is 3. The molecule has 0 N–H and O–H groups in total. The number of nitrogens with zero attached hydrogens (tertiary/aromatic N) is 3. The minimum absolute atomic E-state index is 0.139. The highest BCUT2D eigenvalue weighted by atomic mass is 35.5. The number of amides is 2. The minimum Gasteiger partial charge on any atom is -0.364 e. The summed E-state index contributed by atoms with van der Waals surface area (Å²) < 4.78 is 14.7. The van der Waals surface area contributed by atoms with E-state index in [1.54, 1.807) is 52.2 Å². The van der Waals surface area contributed by atoms with Gasteiger partial charge in [-0.15, -0.1) is 5.06 Å². The lowest BCUT2D eigenvalue weighted by molar-refractivity contribution is -0.0954. The van der Waals surface area contributed by atoms with E-state index in [2.05, 4.69) is 0 Å². The quantitative estimate of drug-likeness (QED) is 0.426. The number of halogens is 2. The number of rotatable bonds is 5. The number of hydrogen-bond acceptors (Lipinski definition) is 4. The largest absolute Gasteiger partial charge is 0.364 e. The van der Waals surface area contributed by atoms with Crippen molar-refractivity contribution >= 4 is 29.2 Å². The summed E-state index contributed by atoms with van der Waals surface area (Å²) in [6.45, 7) is 1.19. The third-order valence-corrected chi connectivity index (χ3v) is 7.13. The van der Waals surface area contributed by atoms with Gasteiger partial charge in [-0.1, -0.05) is 66.2 Å². The van der Waals surface area contributed by atoms with E-state index in [0.29, 0.717) is 41.2 Å². The van der Waals surface area contributed by atoms with Gasteiger partial charge < -0.3 is 14.6 Å². The van der Waals surface area contributed by atoms with E-state index >= 15 is 0 Å². The molecule has 0 saturated carbocycles. The molecule has 0 bridgehead atoms. The fraction of sp³-hybridized carbons (Fsp3) is 0.241. The summed E-state index contributed by atoms with van der Waals surface area (Å²) >= 11 is 6.15. The Kier molecular flexibility index (Phi) is 7.26. The van der Waals surface area contributed by atoms with Gasteiger partial charge in [0.1, 0.15) is 5.82 Å². The molecule has 37 heavy (non-hydrogen) atoms. The first kappa shape index (κ1) is 25.0. The number of likely N-dealkylation sites (N-methyl/N-ethyl adjacent to an activating group) is 1. The van der Waals surface area contributed by atoms with E-state index in [1.807, 2.05) is 42.5 Å². The zero-order valence-corrected chi connectivity index (χ0v) is 21.1. The van der Waals surface area contributed by atoms with Gasteiger partial charge in [0, 0.05) is 30.7 Å². The highest BCUT2D eigenvalue weighted by molar-refractivity contribution is 6.30. The Labute approximate surface area is 220 Å². The van der Waals surface area contributed by atoms with Crippen molar-refractivity contribution in [2.75, 3.05) is 26.7 Å². The third-order valence-electron chi connectivity index (χ3n) is 6.89. The minimum atomic E-state index is -0.420. The van der Waals surface area contributed by atoms with Crippen LogP contribution in [0.2, 0.25) is 5.02 Å². The lowest BCUT2D eigenvalue weighted by Gasteiger charge is -2.33. The molecule has 2 aliphatic heterocycles. The second-order valence-corrected chi connectivity index (χ2v) is 9.70. The number of urea groups is 1. The first-order chi connectivity index (χ1) is 17.9. The molecule has 2 aliphatic rings. The van der Waals surface area contributed by atoms with Gasteiger partial charge in [0.05, 0.1) is 24.2 Å². The highest BCUT2D eigenvalue weighted by Gasteiger charge is 2.37. The van der Waals surface area contributed by atoms with Gasteiger partial charge in [-0.2, -0.15) is 0 Å². The topological polar surface area (TPSA) is 53.1 Å². The maximum atomic E-state index is 14.7. The number of hydroxylamine groups is 2. The van der Waals surface area contributed by atoms with Gasteiger partial charge in [-0.3, -0.25) is 0 Å². The molecule has 5 rings (SSSR count). The Hall–Kier alpha value is -3.68. The van der Waals surface area contributed by atoms with Crippen LogP contribution in [-0.2, 0) is 4.84 Å². The zero-order chi connectivity index (χ0) is 25.9. The summed E-state index contributed by atoms with van der Waals surface area (Å²) in [5.41, 5.74) is 2.52. The molecule has 0 radical (unpaired) electrons. The zero-order valence-electron chi connectivity index (χ0n) is 20.4. The smallest absolute Gasteiger partial charge is 0.357 e. The molecule has 1 fully saturated rings. The summed E-state index contributed by atoms with van der Waals surface area (Å²) in [6, 6.07) is 22.3. The Balaban J connectivity index is 1.31. The fourth-order valence-electron chi connectivity index (χ4n) is 4.86. The second kappa shape index (κ2) is 10.7. The monoisotopic (exact) mass is 519 g/mol. The Morgan fingerprint density at radius 2 is 1.73 bits per heavy atom. The second-order valence-electron chi connectivity index (χ2n) is 9.27. The van der Waals surface area contributed by atoms with Crippen LogP contribution < -0.4 is 0 Å². The van der Waals surface area contributed by atoms with Crippen molar-refractivity contribution in [3.05, 3.63) is 112 Å². The van der Waals surface area contributed by atoms with Crippen LogP contribution in [0.5, 0.6) is 0 Å². The molecule has 0 aromatic heterocycles. The van der Waals surface area contributed by atoms with Crippen molar-refractivity contribution < 1.29 is 18.8 Å². The summed E-state index contributed by atoms with van der Waals surface area (Å²) in [5.74, 6) is -0.798. The maximum absolute atomic E-state index is 14.7. The van der Waals surface area contributed by atoms with Crippen LogP contribution in [0.15, 0.2) is 84.9 Å². The first-order valence-corrected chi connectivity index (χ1v) is 12.6. The van der Waals surface area contributed by atoms with Crippen molar-refractivity contribution in [3.63, 3.8) is 0 Å². The molecule has 2 heterocycles. The third kappa shape index (κ3) is 5.38. The van der Waals surface area contributed by atoms with Gasteiger partial charge in [0.25, 0.3) is 0 Å². The summed E-state index contributed by atoms with van der Waals surface area (Å²) in [4.78, 5) is 35.2. The molecule has 0 aliphatic carbocycles. The molecule has 2 atom stereocenters. The summed E-state index contributed by atoms with van der Waals surface area (Å²) in [7, 11) is 1.76. The van der Waals surface area contributed by atoms with Crippen molar-refractivity contribution in [2.45, 2.75) is 18.5 Å². The van der Waals surface area contributed by atoms with Crippen LogP contribution in [0.3, 0.4) is 0 Å². The highest BCUT2D eigenvalue weighted by Crippen LogP contribution is 2.37. The molecule has 2 amide bonds. The lowest BCUT2D eigenvalue weighted by atomic mass is 10.0. The van der Waals surface area contributed by atoms with E-state index in [1.165, 1.54) is 12.1 Å². The fourth-order valence-corrected chi connectivity index (χ4v) is 5.03. The standard InChI is InChI=1S/C29H27ClFN3O3/c1-32(24-14-15-33(19-24)37-28(35)21-10-6-3-7-11-21)29(36)34-18-22(25-17-23(30)12-13-26(25)31)16-27(34)20-8-4-2-5-9-20/h2-13,16-17,24,27H,14-15,18-19H2,1H3/t24-,27+/m1/s1. The van der Waals surface area contributed by atoms with Crippen LogP contribution in [0, 0.1) is 5.82 Å². The average molecular weight is 520 g/mol. The molecule has 0 unspecified atom stereocenters. The number of carbonyl (C=O) groups is 2. The summed E-state index contributed by atoms with van der Waals surface area (Å²) in [6.07, 6.45) is 2.59. The van der Waals surface area contributed by atoms with E-state index in [9.17, 15) is 14.0 Å². The average Bonchev–Trinajstić information content (AvgIpc) is 3.58. The number of hydrogen-bond donors (Lipinski definition) is 0. The predicted molar refractivity (Wildman–Crippen MR) is 140 cm³/mol. The molecule has 190 valence electrons. The van der Waals surface area contributed by atoms with Crippen LogP contribution in [0.25, 0.3) is 5.57 Å². The van der Waals surface area contributed by atoms with Gasteiger partial charge in [-0.25, -0.2) is 14.0 Å². The van der Waals surface area contributed by atoms with Gasteiger partial charge >= 0.3 is 12.0 Å². The normalized spacial score (nSPS) is 19.5. The van der Waals surface area contributed by atoms with Crippen molar-refractivity contribution in [2.24, 2.45) is 0 Å². The molecule has 3 aromatic carbocycles. The van der Waals surface area contributed by atoms with Crippen LogP contribution in [0.4, 0.5) is 9.18 Å². The predicted octanol–water partition coefficient (Wildman–Crippen LogP) is 5.82. The van der Waals surface area contributed by atoms with Crippen LogP contribution >= 0.6 is 11.6 Å². The van der Waals surface area contributed by atoms with Gasteiger partial charge in [-0.05, 0) is 47.9 Å². The SMILES string of the molecule is CN(C(=O)N1CC(c2cc(Cl)ccc2F)=C[C@H]1c1ccccc1)[C@@H]1CCN(OC(=O)c2ccccc2)C1. The van der Waals surface area contributed by atoms with E-state index in [0.717, 1.165) is 5.56 Å². The van der Waals surface area contributed by atoms with E-state index < -0.39 is 5.97 Å². The molecule has 6 nitrogen and oxygen atoms in total. The van der Waals surface area contributed by atoms with Crippen molar-refractivity contribution in [1.82, 2.24) is 14.9 Å². The molecular formula is C29H27ClFN3O3. The van der Waals surface area contributed by atoms with Crippen molar-refractivity contribution in [3.8, 4) is 0 Å². The molecule has 0 spiro atoms. The van der Waals surface area contributed by atoms with Crippen molar-refractivity contribution in [1.29, 1.82) is 0 Å². The summed E-state index contributed by atoms with van der Waals surface area (Å²) in [5, 5.41) is 2.04. The number of carbonyl (C=O) groups excluding carboxylic acids is 2. The molecule has 8 heteroatoms. The van der Waals surface area contributed by atoms with E-state index in [4.69, 9.17) is 16.4 Å². The van der Waals surface area contributed by atoms with Crippen LogP contribution in [0.1, 0.15) is 33.9 Å². The van der Waals surface area contributed by atoms with E-state index in [-0.39, 0.29) is 30.5 Å². The van der Waals surface area contributed by atoms with Crippen LogP contribution in [-0.4, -0.2) is 59.6 Å². The van der Waals surface area contributed by atoms with Gasteiger partial charge in [0.15, 0.2) is 0 Å². The molecule has 3 aromatic rings. The lowest BCUT2D eigenvalue weighted by Crippen LogP contribution is -2.47. The Bertz CT molecular complexity index is 1320. The Morgan fingerprint density at radius 3 is 2.46 bits per heavy atom. The maximum Gasteiger partial charge on any atom is 0.357 e. The molecular weight excluding hydrogens is 493 g/mol. The Morgan fingerprint density at radius 1 is 1.03 bits per heavy atom. The first-order valence-electron chi connectivity index (χ1n) is 12.2. The molecule has 1 saturated heterocycles. The van der Waals surface area contributed by atoms with Gasteiger partial charge in [0.2, 0.25) is 0 Å².